The van der Waals surface area contributed by atoms with E-state index in [0.29, 0.717) is 0 Å². The van der Waals surface area contributed by atoms with Crippen LogP contribution in [0.5, 0.6) is 0 Å². The van der Waals surface area contributed by atoms with Crippen LogP contribution in [0.4, 0.5) is 11.6 Å². The average molecular weight is 243 g/mol. The lowest BCUT2D eigenvalue weighted by molar-refractivity contribution is 0.880. The summed E-state index contributed by atoms with van der Waals surface area (Å²) >= 11 is 0. The van der Waals surface area contributed by atoms with Crippen molar-refractivity contribution in [3.63, 3.8) is 0 Å². The zero-order chi connectivity index (χ0) is 13.0. The molecule has 5 nitrogen and oxygen atoms in total. The van der Waals surface area contributed by atoms with Gasteiger partial charge >= 0.3 is 0 Å². The zero-order valence-corrected chi connectivity index (χ0v) is 10.9. The molecule has 0 bridgehead atoms. The summed E-state index contributed by atoms with van der Waals surface area (Å²) in [5, 5.41) is 3.07. The second kappa shape index (κ2) is 5.44. The van der Waals surface area contributed by atoms with Gasteiger partial charge in [-0.25, -0.2) is 9.97 Å². The van der Waals surface area contributed by atoms with Gasteiger partial charge in [0, 0.05) is 38.6 Å². The SMILES string of the molecule is CNc1ncnc(N(C)Cc2ccncc2)c1C. The summed E-state index contributed by atoms with van der Waals surface area (Å²) in [6.45, 7) is 2.81. The van der Waals surface area contributed by atoms with Gasteiger partial charge < -0.3 is 10.2 Å². The van der Waals surface area contributed by atoms with Crippen LogP contribution in [0.25, 0.3) is 0 Å². The number of aromatic nitrogens is 3. The van der Waals surface area contributed by atoms with E-state index in [1.54, 1.807) is 18.7 Å². The van der Waals surface area contributed by atoms with Crippen molar-refractivity contribution in [2.75, 3.05) is 24.3 Å². The Morgan fingerprint density at radius 2 is 1.94 bits per heavy atom. The highest BCUT2D eigenvalue weighted by Crippen LogP contribution is 2.21. The summed E-state index contributed by atoms with van der Waals surface area (Å²) in [4.78, 5) is 14.7. The minimum atomic E-state index is 0.795. The van der Waals surface area contributed by atoms with Crippen LogP contribution in [-0.2, 0) is 6.54 Å². The molecule has 0 amide bonds. The van der Waals surface area contributed by atoms with E-state index in [0.717, 1.165) is 23.7 Å². The molecule has 0 aliphatic heterocycles. The van der Waals surface area contributed by atoms with Crippen LogP contribution in [0.1, 0.15) is 11.1 Å². The molecule has 1 N–H and O–H groups in total. The lowest BCUT2D eigenvalue weighted by Gasteiger charge is -2.20. The van der Waals surface area contributed by atoms with E-state index in [-0.39, 0.29) is 0 Å². The smallest absolute Gasteiger partial charge is 0.137 e. The summed E-state index contributed by atoms with van der Waals surface area (Å²) in [7, 11) is 3.89. The first kappa shape index (κ1) is 12.3. The molecule has 0 fully saturated rings. The first-order valence-electron chi connectivity index (χ1n) is 5.81. The van der Waals surface area contributed by atoms with E-state index >= 15 is 0 Å². The van der Waals surface area contributed by atoms with Crippen molar-refractivity contribution >= 4 is 11.6 Å². The molecule has 2 rings (SSSR count). The Morgan fingerprint density at radius 3 is 2.61 bits per heavy atom. The molecule has 2 aromatic heterocycles. The summed E-state index contributed by atoms with van der Waals surface area (Å²) in [5.41, 5.74) is 2.26. The second-order valence-corrected chi connectivity index (χ2v) is 4.13. The fourth-order valence-electron chi connectivity index (χ4n) is 1.91. The molecule has 5 heteroatoms. The molecule has 0 saturated heterocycles. The summed E-state index contributed by atoms with van der Waals surface area (Å²) < 4.78 is 0. The Bertz CT molecular complexity index is 512. The fraction of sp³-hybridized carbons (Fsp3) is 0.308. The third-order valence-electron chi connectivity index (χ3n) is 2.82. The normalized spacial score (nSPS) is 10.2. The van der Waals surface area contributed by atoms with Gasteiger partial charge in [-0.05, 0) is 24.6 Å². The van der Waals surface area contributed by atoms with E-state index in [1.165, 1.54) is 5.56 Å². The summed E-state index contributed by atoms with van der Waals surface area (Å²) in [6, 6.07) is 4.01. The van der Waals surface area contributed by atoms with Gasteiger partial charge in [0.15, 0.2) is 0 Å². The second-order valence-electron chi connectivity index (χ2n) is 4.13. The highest BCUT2D eigenvalue weighted by molar-refractivity contribution is 5.57. The fourth-order valence-corrected chi connectivity index (χ4v) is 1.91. The number of nitrogens with zero attached hydrogens (tertiary/aromatic N) is 4. The standard InChI is InChI=1S/C13H17N5/c1-10-12(14-2)16-9-17-13(10)18(3)8-11-4-6-15-7-5-11/h4-7,9H,8H2,1-3H3,(H,14,16,17). The molecule has 2 aromatic rings. The molecule has 0 aromatic carbocycles. The number of pyridine rings is 1. The first-order chi connectivity index (χ1) is 8.72. The van der Waals surface area contributed by atoms with Gasteiger partial charge in [0.1, 0.15) is 18.0 Å². The molecule has 0 unspecified atom stereocenters. The monoisotopic (exact) mass is 243 g/mol. The Kier molecular flexibility index (Phi) is 3.72. The van der Waals surface area contributed by atoms with Crippen LogP contribution in [0.3, 0.4) is 0 Å². The summed E-state index contributed by atoms with van der Waals surface area (Å²) in [6.07, 6.45) is 5.18. The van der Waals surface area contributed by atoms with Crippen molar-refractivity contribution in [1.29, 1.82) is 0 Å². The Balaban J connectivity index is 2.21. The van der Waals surface area contributed by atoms with Gasteiger partial charge in [-0.2, -0.15) is 0 Å². The molecular formula is C13H17N5. The minimum Gasteiger partial charge on any atom is -0.373 e. The molecule has 2 heterocycles. The lowest BCUT2D eigenvalue weighted by atomic mass is 10.2. The van der Waals surface area contributed by atoms with Gasteiger partial charge in [0.25, 0.3) is 0 Å². The van der Waals surface area contributed by atoms with Crippen molar-refractivity contribution in [1.82, 2.24) is 15.0 Å². The van der Waals surface area contributed by atoms with E-state index in [2.05, 4.69) is 25.2 Å². The number of rotatable bonds is 4. The average Bonchev–Trinajstić information content (AvgIpc) is 2.40. The van der Waals surface area contributed by atoms with E-state index in [4.69, 9.17) is 0 Å². The quantitative estimate of drug-likeness (QED) is 0.888. The maximum atomic E-state index is 4.34. The summed E-state index contributed by atoms with van der Waals surface area (Å²) in [5.74, 6) is 1.80. The van der Waals surface area contributed by atoms with Crippen LogP contribution in [0.15, 0.2) is 30.9 Å². The van der Waals surface area contributed by atoms with Gasteiger partial charge in [0.2, 0.25) is 0 Å². The van der Waals surface area contributed by atoms with Gasteiger partial charge in [-0.1, -0.05) is 0 Å². The lowest BCUT2D eigenvalue weighted by Crippen LogP contribution is -2.19. The number of hydrogen-bond acceptors (Lipinski definition) is 5. The maximum Gasteiger partial charge on any atom is 0.137 e. The first-order valence-corrected chi connectivity index (χ1v) is 5.81. The predicted octanol–water partition coefficient (Wildman–Crippen LogP) is 1.86. The van der Waals surface area contributed by atoms with Crippen molar-refractivity contribution in [2.24, 2.45) is 0 Å². The predicted molar refractivity (Wildman–Crippen MR) is 72.7 cm³/mol. The van der Waals surface area contributed by atoms with Crippen LogP contribution in [-0.4, -0.2) is 29.0 Å². The molecule has 0 saturated carbocycles. The number of anilines is 2. The Morgan fingerprint density at radius 1 is 1.22 bits per heavy atom. The topological polar surface area (TPSA) is 53.9 Å². The van der Waals surface area contributed by atoms with Gasteiger partial charge in [-0.15, -0.1) is 0 Å². The molecule has 94 valence electrons. The van der Waals surface area contributed by atoms with Crippen molar-refractivity contribution < 1.29 is 0 Å². The third kappa shape index (κ3) is 2.56. The van der Waals surface area contributed by atoms with Crippen LogP contribution in [0, 0.1) is 6.92 Å². The molecule has 0 aliphatic rings. The van der Waals surface area contributed by atoms with E-state index in [9.17, 15) is 0 Å². The van der Waals surface area contributed by atoms with Gasteiger partial charge in [-0.3, -0.25) is 4.98 Å². The van der Waals surface area contributed by atoms with E-state index < -0.39 is 0 Å². The van der Waals surface area contributed by atoms with Gasteiger partial charge in [0.05, 0.1) is 0 Å². The van der Waals surface area contributed by atoms with Crippen LogP contribution < -0.4 is 10.2 Å². The Hall–Kier alpha value is -2.17. The Labute approximate surface area is 107 Å². The number of nitrogens with one attached hydrogen (secondary N) is 1. The molecule has 18 heavy (non-hydrogen) atoms. The van der Waals surface area contributed by atoms with Crippen LogP contribution >= 0.6 is 0 Å². The molecule has 0 radical (unpaired) electrons. The zero-order valence-electron chi connectivity index (χ0n) is 10.9. The van der Waals surface area contributed by atoms with Crippen molar-refractivity contribution in [3.8, 4) is 0 Å². The van der Waals surface area contributed by atoms with E-state index in [1.807, 2.05) is 33.2 Å². The largest absolute Gasteiger partial charge is 0.373 e. The molecule has 0 aliphatic carbocycles. The molecule has 0 atom stereocenters. The van der Waals surface area contributed by atoms with Crippen LogP contribution in [0.2, 0.25) is 0 Å². The molecule has 0 spiro atoms. The third-order valence-corrected chi connectivity index (χ3v) is 2.82. The molecular weight excluding hydrogens is 226 g/mol. The van der Waals surface area contributed by atoms with Crippen molar-refractivity contribution in [3.05, 3.63) is 42.0 Å². The highest BCUT2D eigenvalue weighted by Gasteiger charge is 2.10. The minimum absolute atomic E-state index is 0.795. The highest BCUT2D eigenvalue weighted by atomic mass is 15.2. The maximum absolute atomic E-state index is 4.34. The number of hydrogen-bond donors (Lipinski definition) is 1. The van der Waals surface area contributed by atoms with Crippen molar-refractivity contribution in [2.45, 2.75) is 13.5 Å².